The summed E-state index contributed by atoms with van der Waals surface area (Å²) < 4.78 is 40.0. The van der Waals surface area contributed by atoms with Crippen LogP contribution < -0.4 is 4.72 Å². The number of aromatic nitrogens is 1. The van der Waals surface area contributed by atoms with Crippen LogP contribution in [-0.4, -0.2) is 19.7 Å². The van der Waals surface area contributed by atoms with Crippen molar-refractivity contribution in [1.82, 2.24) is 5.16 Å². The van der Waals surface area contributed by atoms with Gasteiger partial charge in [-0.15, -0.1) is 0 Å². The smallest absolute Gasteiger partial charge is 0.263 e. The monoisotopic (exact) mass is 412 g/mol. The Hall–Kier alpha value is -2.64. The van der Waals surface area contributed by atoms with E-state index >= 15 is 0 Å². The van der Waals surface area contributed by atoms with Crippen molar-refractivity contribution < 1.29 is 17.7 Å². The molecule has 1 aromatic heterocycles. The van der Waals surface area contributed by atoms with Crippen LogP contribution >= 0.6 is 0 Å². The fourth-order valence-electron chi connectivity index (χ4n) is 3.27. The molecule has 0 atom stereocenters. The van der Waals surface area contributed by atoms with Crippen molar-refractivity contribution in [2.24, 2.45) is 0 Å². The number of nitrogens with one attached hydrogen (secondary N) is 1. The topological polar surface area (TPSA) is 81.4 Å². The molecular formula is C22H24N2O4S. The molecule has 7 heteroatoms. The van der Waals surface area contributed by atoms with Gasteiger partial charge in [0.1, 0.15) is 5.76 Å². The molecule has 0 bridgehead atoms. The molecule has 1 fully saturated rings. The second kappa shape index (κ2) is 8.00. The zero-order valence-corrected chi connectivity index (χ0v) is 17.3. The molecule has 0 saturated heterocycles. The van der Waals surface area contributed by atoms with Crippen molar-refractivity contribution in [3.63, 3.8) is 0 Å². The lowest BCUT2D eigenvalue weighted by Gasteiger charge is -2.26. The number of nitrogens with zero attached hydrogens (tertiary/aromatic N) is 1. The van der Waals surface area contributed by atoms with Gasteiger partial charge in [0.2, 0.25) is 0 Å². The van der Waals surface area contributed by atoms with Crippen molar-refractivity contribution >= 4 is 15.8 Å². The molecule has 0 radical (unpaired) electrons. The number of anilines is 1. The predicted molar refractivity (Wildman–Crippen MR) is 111 cm³/mol. The quantitative estimate of drug-likeness (QED) is 0.601. The number of hydrogen-bond acceptors (Lipinski definition) is 5. The molecule has 1 N–H and O–H groups in total. The first kappa shape index (κ1) is 19.7. The summed E-state index contributed by atoms with van der Waals surface area (Å²) >= 11 is 0. The number of hydrogen-bond donors (Lipinski definition) is 1. The molecule has 0 unspecified atom stereocenters. The first-order valence-corrected chi connectivity index (χ1v) is 11.2. The lowest BCUT2D eigenvalue weighted by molar-refractivity contribution is -0.00847. The Labute approximate surface area is 170 Å². The van der Waals surface area contributed by atoms with E-state index in [1.165, 1.54) is 6.42 Å². The summed E-state index contributed by atoms with van der Waals surface area (Å²) in [5.74, 6) is 0.786. The fourth-order valence-corrected chi connectivity index (χ4v) is 4.55. The maximum Gasteiger partial charge on any atom is 0.263 e. The Morgan fingerprint density at radius 3 is 2.41 bits per heavy atom. The number of ether oxygens (including phenoxy) is 1. The highest BCUT2D eigenvalue weighted by Crippen LogP contribution is 2.33. The van der Waals surface area contributed by atoms with Crippen molar-refractivity contribution in [1.29, 1.82) is 0 Å². The number of rotatable bonds is 7. The third-order valence-electron chi connectivity index (χ3n) is 5.40. The average Bonchev–Trinajstić information content (AvgIpc) is 2.99. The highest BCUT2D eigenvalue weighted by atomic mass is 32.2. The van der Waals surface area contributed by atoms with Gasteiger partial charge in [-0.05, 0) is 50.3 Å². The molecule has 6 nitrogen and oxygen atoms in total. The fraction of sp³-hybridized carbons (Fsp3) is 0.318. The van der Waals surface area contributed by atoms with E-state index < -0.39 is 10.0 Å². The van der Waals surface area contributed by atoms with Crippen LogP contribution in [-0.2, 0) is 21.4 Å². The highest BCUT2D eigenvalue weighted by Gasteiger charge is 2.24. The van der Waals surface area contributed by atoms with Gasteiger partial charge in [0.05, 0.1) is 17.6 Å². The van der Waals surface area contributed by atoms with Crippen molar-refractivity contribution in [3.8, 4) is 11.1 Å². The summed E-state index contributed by atoms with van der Waals surface area (Å²) in [6.07, 6.45) is 3.70. The van der Waals surface area contributed by atoms with Crippen molar-refractivity contribution in [3.05, 3.63) is 65.4 Å². The Bertz CT molecular complexity index is 1120. The van der Waals surface area contributed by atoms with E-state index in [2.05, 4.69) is 9.88 Å². The first-order chi connectivity index (χ1) is 14.0. The van der Waals surface area contributed by atoms with Crippen LogP contribution in [0, 0.1) is 13.8 Å². The molecule has 0 spiro atoms. The van der Waals surface area contributed by atoms with Crippen molar-refractivity contribution in [2.45, 2.75) is 50.7 Å². The van der Waals surface area contributed by atoms with E-state index in [1.54, 1.807) is 26.0 Å². The van der Waals surface area contributed by atoms with Gasteiger partial charge < -0.3 is 9.26 Å². The molecule has 0 amide bonds. The second-order valence-electron chi connectivity index (χ2n) is 7.34. The largest absolute Gasteiger partial charge is 0.374 e. The minimum Gasteiger partial charge on any atom is -0.374 e. The van der Waals surface area contributed by atoms with Crippen LogP contribution in [0.25, 0.3) is 11.1 Å². The minimum absolute atomic E-state index is 0.191. The Balaban J connectivity index is 1.69. The highest BCUT2D eigenvalue weighted by molar-refractivity contribution is 7.92. The summed E-state index contributed by atoms with van der Waals surface area (Å²) in [5, 5.41) is 3.83. The first-order valence-electron chi connectivity index (χ1n) is 9.70. The van der Waals surface area contributed by atoms with E-state index in [1.807, 2.05) is 36.4 Å². The van der Waals surface area contributed by atoms with Gasteiger partial charge in [-0.25, -0.2) is 8.42 Å². The van der Waals surface area contributed by atoms with Gasteiger partial charge >= 0.3 is 0 Å². The van der Waals surface area contributed by atoms with E-state index in [0.29, 0.717) is 29.6 Å². The molecule has 4 rings (SSSR count). The number of aryl methyl sites for hydroxylation is 1. The van der Waals surface area contributed by atoms with Gasteiger partial charge in [0, 0.05) is 11.1 Å². The van der Waals surface area contributed by atoms with Gasteiger partial charge in [0.15, 0.2) is 5.82 Å². The van der Waals surface area contributed by atoms with E-state index in [4.69, 9.17) is 9.26 Å². The molecule has 2 aromatic carbocycles. The van der Waals surface area contributed by atoms with Crippen LogP contribution in [0.3, 0.4) is 0 Å². The Kier molecular flexibility index (Phi) is 5.43. The molecule has 1 aliphatic rings. The Morgan fingerprint density at radius 2 is 1.76 bits per heavy atom. The second-order valence-corrected chi connectivity index (χ2v) is 8.99. The maximum atomic E-state index is 13.2. The molecule has 1 heterocycles. The standard InChI is InChI=1S/C22H24N2O4S/c1-15-16(2)28-23-22(15)24-29(25,26)21-13-6-5-12-20(21)19-11-4-3-8-17(19)14-27-18-9-7-10-18/h3-6,8,11-13,18H,7,9-10,14H2,1-2H3,(H,23,24). The molecule has 29 heavy (non-hydrogen) atoms. The molecule has 1 aliphatic carbocycles. The summed E-state index contributed by atoms with van der Waals surface area (Å²) in [6, 6.07) is 14.7. The lowest BCUT2D eigenvalue weighted by Crippen LogP contribution is -2.21. The molecule has 1 saturated carbocycles. The predicted octanol–water partition coefficient (Wildman–Crippen LogP) is 4.83. The third-order valence-corrected chi connectivity index (χ3v) is 6.80. The van der Waals surface area contributed by atoms with Crippen LogP contribution in [0.15, 0.2) is 57.9 Å². The third kappa shape index (κ3) is 4.06. The summed E-state index contributed by atoms with van der Waals surface area (Å²) in [6.45, 7) is 3.97. The normalized spacial score (nSPS) is 14.6. The lowest BCUT2D eigenvalue weighted by atomic mass is 9.96. The number of benzene rings is 2. The van der Waals surface area contributed by atoms with E-state index in [0.717, 1.165) is 24.0 Å². The zero-order chi connectivity index (χ0) is 20.4. The number of sulfonamides is 1. The van der Waals surface area contributed by atoms with Gasteiger partial charge in [-0.1, -0.05) is 47.6 Å². The van der Waals surface area contributed by atoms with Crippen LogP contribution in [0.4, 0.5) is 5.82 Å². The Morgan fingerprint density at radius 1 is 1.07 bits per heavy atom. The van der Waals surface area contributed by atoms with Gasteiger partial charge in [-0.2, -0.15) is 0 Å². The molecule has 152 valence electrons. The molecular weight excluding hydrogens is 388 g/mol. The van der Waals surface area contributed by atoms with Crippen molar-refractivity contribution in [2.75, 3.05) is 4.72 Å². The van der Waals surface area contributed by atoms with Crippen LogP contribution in [0.1, 0.15) is 36.1 Å². The summed E-state index contributed by atoms with van der Waals surface area (Å²) in [4.78, 5) is 0.191. The molecule has 3 aromatic rings. The SMILES string of the molecule is Cc1onc(NS(=O)(=O)c2ccccc2-c2ccccc2COC2CCC2)c1C. The van der Waals surface area contributed by atoms with Crippen LogP contribution in [0.5, 0.6) is 0 Å². The maximum absolute atomic E-state index is 13.2. The minimum atomic E-state index is -3.86. The molecule has 0 aliphatic heterocycles. The average molecular weight is 413 g/mol. The zero-order valence-electron chi connectivity index (χ0n) is 16.5. The van der Waals surface area contributed by atoms with Gasteiger partial charge in [0.25, 0.3) is 10.0 Å². The summed E-state index contributed by atoms with van der Waals surface area (Å²) in [7, 11) is -3.86. The van der Waals surface area contributed by atoms with Gasteiger partial charge in [-0.3, -0.25) is 4.72 Å². The van der Waals surface area contributed by atoms with E-state index in [-0.39, 0.29) is 10.7 Å². The summed E-state index contributed by atoms with van der Waals surface area (Å²) in [5.41, 5.74) is 3.11. The van der Waals surface area contributed by atoms with E-state index in [9.17, 15) is 8.42 Å². The van der Waals surface area contributed by atoms with Crippen LogP contribution in [0.2, 0.25) is 0 Å².